The second-order valence-corrected chi connectivity index (χ2v) is 6.20. The summed E-state index contributed by atoms with van der Waals surface area (Å²) in [6.07, 6.45) is 0.0611. The molecule has 0 spiro atoms. The van der Waals surface area contributed by atoms with Gasteiger partial charge in [0.05, 0.1) is 11.4 Å². The Hall–Kier alpha value is -1.57. The fourth-order valence-corrected chi connectivity index (χ4v) is 2.80. The Bertz CT molecular complexity index is 707. The fourth-order valence-electron chi connectivity index (χ4n) is 1.92. The zero-order chi connectivity index (χ0) is 15.5. The number of hydrogen-bond donors (Lipinski definition) is 0. The number of nitrogens with zero attached hydrogens (tertiary/aromatic N) is 2. The smallest absolute Gasteiger partial charge is 0.310 e. The Kier molecular flexibility index (Phi) is 4.66. The van der Waals surface area contributed by atoms with Crippen LogP contribution in [-0.4, -0.2) is 28.8 Å². The molecule has 3 rings (SSSR count). The van der Waals surface area contributed by atoms with Gasteiger partial charge < -0.3 is 14.2 Å². The lowest BCUT2D eigenvalue weighted by atomic mass is 10.1. The van der Waals surface area contributed by atoms with Crippen molar-refractivity contribution in [3.05, 3.63) is 32.7 Å². The highest BCUT2D eigenvalue weighted by atomic mass is 35.5. The van der Waals surface area contributed by atoms with Crippen molar-refractivity contribution in [2.24, 2.45) is 0 Å². The summed E-state index contributed by atoms with van der Waals surface area (Å²) in [6.45, 7) is 0.898. The minimum atomic E-state index is -0.420. The molecular formula is C13H10Cl2N2O4S. The van der Waals surface area contributed by atoms with Crippen LogP contribution in [0.1, 0.15) is 11.3 Å². The van der Waals surface area contributed by atoms with Crippen LogP contribution < -0.4 is 9.47 Å². The molecule has 0 bridgehead atoms. The quantitative estimate of drug-likeness (QED) is 0.780. The minimum Gasteiger partial charge on any atom is -0.486 e. The van der Waals surface area contributed by atoms with Crippen molar-refractivity contribution in [2.45, 2.75) is 13.0 Å². The Labute approximate surface area is 140 Å². The molecule has 22 heavy (non-hydrogen) atoms. The van der Waals surface area contributed by atoms with Crippen LogP contribution in [-0.2, 0) is 22.6 Å². The second-order valence-electron chi connectivity index (χ2n) is 4.43. The standard InChI is InChI=1S/C13H10Cl2N2O4S/c14-8-3-7(4-10-12(8)20-2-1-19-10)5-11(18)21-6-9-13(15)22-17-16-9/h3-4H,1-2,5-6H2. The normalized spacial score (nSPS) is 13.0. The number of ether oxygens (including phenoxy) is 3. The van der Waals surface area contributed by atoms with Crippen LogP contribution in [0.25, 0.3) is 0 Å². The van der Waals surface area contributed by atoms with E-state index in [1.807, 2.05) is 0 Å². The number of rotatable bonds is 4. The Balaban J connectivity index is 1.64. The second kappa shape index (κ2) is 6.68. The molecule has 1 aromatic carbocycles. The summed E-state index contributed by atoms with van der Waals surface area (Å²) in [7, 11) is 0. The monoisotopic (exact) mass is 360 g/mol. The Morgan fingerprint density at radius 3 is 2.91 bits per heavy atom. The molecule has 1 aromatic heterocycles. The van der Waals surface area contributed by atoms with E-state index in [0.717, 1.165) is 11.5 Å². The molecule has 0 N–H and O–H groups in total. The van der Waals surface area contributed by atoms with Crippen LogP contribution >= 0.6 is 34.7 Å². The molecule has 2 aromatic rings. The number of carbonyl (C=O) groups is 1. The molecule has 0 saturated carbocycles. The maximum atomic E-state index is 11.9. The molecular weight excluding hydrogens is 351 g/mol. The molecule has 2 heterocycles. The molecule has 6 nitrogen and oxygen atoms in total. The number of hydrogen-bond acceptors (Lipinski definition) is 7. The minimum absolute atomic E-state index is 0.00749. The number of aromatic nitrogens is 2. The van der Waals surface area contributed by atoms with Gasteiger partial charge in [-0.2, -0.15) is 0 Å². The lowest BCUT2D eigenvalue weighted by Gasteiger charge is -2.20. The molecule has 0 fully saturated rings. The Morgan fingerprint density at radius 2 is 2.14 bits per heavy atom. The van der Waals surface area contributed by atoms with E-state index in [1.54, 1.807) is 12.1 Å². The largest absolute Gasteiger partial charge is 0.486 e. The Morgan fingerprint density at radius 1 is 1.32 bits per heavy atom. The van der Waals surface area contributed by atoms with Crippen LogP contribution in [0.3, 0.4) is 0 Å². The molecule has 0 atom stereocenters. The summed E-state index contributed by atoms with van der Waals surface area (Å²) >= 11 is 13.0. The van der Waals surface area contributed by atoms with Gasteiger partial charge >= 0.3 is 5.97 Å². The highest BCUT2D eigenvalue weighted by Gasteiger charge is 2.18. The zero-order valence-corrected chi connectivity index (χ0v) is 13.5. The van der Waals surface area contributed by atoms with Gasteiger partial charge in [0.25, 0.3) is 0 Å². The lowest BCUT2D eigenvalue weighted by molar-refractivity contribution is -0.144. The van der Waals surface area contributed by atoms with Crippen LogP contribution in [0.15, 0.2) is 12.1 Å². The van der Waals surface area contributed by atoms with Crippen LogP contribution in [0, 0.1) is 0 Å². The van der Waals surface area contributed by atoms with E-state index >= 15 is 0 Å². The number of halogens is 2. The summed E-state index contributed by atoms with van der Waals surface area (Å²) in [5.41, 5.74) is 1.13. The van der Waals surface area contributed by atoms with E-state index in [9.17, 15) is 4.79 Å². The van der Waals surface area contributed by atoms with Gasteiger partial charge in [-0.25, -0.2) is 0 Å². The third kappa shape index (κ3) is 3.43. The summed E-state index contributed by atoms with van der Waals surface area (Å²) in [5, 5.41) is 4.18. The first kappa shape index (κ1) is 15.3. The van der Waals surface area contributed by atoms with Gasteiger partial charge in [-0.05, 0) is 17.7 Å². The average Bonchev–Trinajstić information content (AvgIpc) is 2.90. The van der Waals surface area contributed by atoms with Gasteiger partial charge in [0.1, 0.15) is 29.9 Å². The molecule has 1 aliphatic rings. The maximum absolute atomic E-state index is 11.9. The molecule has 0 unspecified atom stereocenters. The van der Waals surface area contributed by atoms with Crippen molar-refractivity contribution in [2.75, 3.05) is 13.2 Å². The van der Waals surface area contributed by atoms with Crippen molar-refractivity contribution in [3.8, 4) is 11.5 Å². The first-order valence-corrected chi connectivity index (χ1v) is 7.87. The van der Waals surface area contributed by atoms with Crippen molar-refractivity contribution in [3.63, 3.8) is 0 Å². The molecule has 9 heteroatoms. The summed E-state index contributed by atoms with van der Waals surface area (Å²) in [5.74, 6) is 0.621. The van der Waals surface area contributed by atoms with E-state index in [2.05, 4.69) is 9.59 Å². The van der Waals surface area contributed by atoms with E-state index in [1.165, 1.54) is 0 Å². The zero-order valence-electron chi connectivity index (χ0n) is 11.2. The lowest BCUT2D eigenvalue weighted by Crippen LogP contribution is -2.16. The first-order valence-electron chi connectivity index (χ1n) is 6.34. The fraction of sp³-hybridized carbons (Fsp3) is 0.308. The topological polar surface area (TPSA) is 70.5 Å². The summed E-state index contributed by atoms with van der Waals surface area (Å²) in [6, 6.07) is 3.38. The van der Waals surface area contributed by atoms with Gasteiger partial charge in [-0.15, -0.1) is 5.10 Å². The molecule has 1 aliphatic heterocycles. The van der Waals surface area contributed by atoms with Gasteiger partial charge in [-0.1, -0.05) is 27.7 Å². The molecule has 116 valence electrons. The predicted octanol–water partition coefficient (Wildman–Crippen LogP) is 2.90. The van der Waals surface area contributed by atoms with E-state index in [0.29, 0.717) is 45.3 Å². The summed E-state index contributed by atoms with van der Waals surface area (Å²) < 4.78 is 20.1. The predicted molar refractivity (Wildman–Crippen MR) is 80.9 cm³/mol. The highest BCUT2D eigenvalue weighted by Crippen LogP contribution is 2.38. The average molecular weight is 361 g/mol. The van der Waals surface area contributed by atoms with Gasteiger partial charge in [0.2, 0.25) is 0 Å². The SMILES string of the molecule is O=C(Cc1cc(Cl)c2c(c1)OCCO2)OCc1nnsc1Cl. The number of carbonyl (C=O) groups excluding carboxylic acids is 1. The molecule has 0 aliphatic carbocycles. The summed E-state index contributed by atoms with van der Waals surface area (Å²) in [4.78, 5) is 11.9. The van der Waals surface area contributed by atoms with Crippen molar-refractivity contribution >= 4 is 40.7 Å². The number of esters is 1. The van der Waals surface area contributed by atoms with Crippen molar-refractivity contribution < 1.29 is 19.0 Å². The third-order valence-corrected chi connectivity index (χ3v) is 4.15. The van der Waals surface area contributed by atoms with E-state index in [-0.39, 0.29) is 13.0 Å². The van der Waals surface area contributed by atoms with Gasteiger partial charge in [-0.3, -0.25) is 4.79 Å². The van der Waals surface area contributed by atoms with Crippen LogP contribution in [0.5, 0.6) is 11.5 Å². The maximum Gasteiger partial charge on any atom is 0.310 e. The van der Waals surface area contributed by atoms with Crippen molar-refractivity contribution in [1.29, 1.82) is 0 Å². The van der Waals surface area contributed by atoms with Gasteiger partial charge in [0.15, 0.2) is 11.5 Å². The molecule has 0 radical (unpaired) electrons. The highest BCUT2D eigenvalue weighted by molar-refractivity contribution is 7.10. The van der Waals surface area contributed by atoms with E-state index in [4.69, 9.17) is 37.4 Å². The number of benzene rings is 1. The first-order chi connectivity index (χ1) is 10.6. The molecule has 0 saturated heterocycles. The van der Waals surface area contributed by atoms with E-state index < -0.39 is 5.97 Å². The number of fused-ring (bicyclic) bond motifs is 1. The van der Waals surface area contributed by atoms with Crippen LogP contribution in [0.4, 0.5) is 0 Å². The van der Waals surface area contributed by atoms with Gasteiger partial charge in [0, 0.05) is 11.5 Å². The van der Waals surface area contributed by atoms with Crippen molar-refractivity contribution in [1.82, 2.24) is 9.59 Å². The third-order valence-electron chi connectivity index (χ3n) is 2.88. The molecule has 0 amide bonds. The van der Waals surface area contributed by atoms with Crippen LogP contribution in [0.2, 0.25) is 9.36 Å².